The smallest absolute Gasteiger partial charge is 0.116 e. The van der Waals surface area contributed by atoms with Crippen molar-refractivity contribution in [3.8, 4) is 6.07 Å². The molecular weight excluding hydrogens is 166 g/mol. The van der Waals surface area contributed by atoms with Gasteiger partial charge in [-0.3, -0.25) is 0 Å². The van der Waals surface area contributed by atoms with Crippen LogP contribution in [0.1, 0.15) is 17.9 Å². The van der Waals surface area contributed by atoms with E-state index in [1.165, 1.54) is 0 Å². The quantitative estimate of drug-likeness (QED) is 0.691. The third kappa shape index (κ3) is 1.24. The monoisotopic (exact) mass is 177 g/mol. The van der Waals surface area contributed by atoms with Gasteiger partial charge in [-0.1, -0.05) is 0 Å². The standard InChI is InChI=1S/C10H11NO2/c1-8-2-3-9(13-8)10(4-5-11)6-12-7-10/h2-3H,4,6-7H2,1H3. The van der Waals surface area contributed by atoms with Gasteiger partial charge in [-0.15, -0.1) is 0 Å². The molecule has 2 rings (SSSR count). The second-order valence-corrected chi connectivity index (χ2v) is 3.52. The van der Waals surface area contributed by atoms with Gasteiger partial charge in [0.2, 0.25) is 0 Å². The van der Waals surface area contributed by atoms with E-state index in [4.69, 9.17) is 14.4 Å². The van der Waals surface area contributed by atoms with E-state index in [2.05, 4.69) is 6.07 Å². The van der Waals surface area contributed by atoms with Gasteiger partial charge in [0.05, 0.1) is 31.1 Å². The molecule has 0 spiro atoms. The summed E-state index contributed by atoms with van der Waals surface area (Å²) in [7, 11) is 0. The number of rotatable bonds is 2. The van der Waals surface area contributed by atoms with Crippen molar-refractivity contribution in [2.75, 3.05) is 13.2 Å². The first-order valence-electron chi connectivity index (χ1n) is 4.28. The summed E-state index contributed by atoms with van der Waals surface area (Å²) in [5, 5.41) is 8.69. The van der Waals surface area contributed by atoms with Crippen molar-refractivity contribution in [2.45, 2.75) is 18.8 Å². The summed E-state index contributed by atoms with van der Waals surface area (Å²) in [4.78, 5) is 0. The zero-order valence-electron chi connectivity index (χ0n) is 7.54. The average molecular weight is 177 g/mol. The van der Waals surface area contributed by atoms with E-state index >= 15 is 0 Å². The van der Waals surface area contributed by atoms with Crippen molar-refractivity contribution in [1.29, 1.82) is 5.26 Å². The number of aryl methyl sites for hydroxylation is 1. The van der Waals surface area contributed by atoms with Crippen LogP contribution in [-0.2, 0) is 10.2 Å². The molecule has 0 aliphatic carbocycles. The molecule has 13 heavy (non-hydrogen) atoms. The first kappa shape index (κ1) is 8.33. The fourth-order valence-electron chi connectivity index (χ4n) is 1.55. The second-order valence-electron chi connectivity index (χ2n) is 3.52. The Bertz CT molecular complexity index is 344. The molecule has 1 aromatic rings. The predicted octanol–water partition coefficient (Wildman–Crippen LogP) is 1.77. The van der Waals surface area contributed by atoms with Crippen LogP contribution in [0.5, 0.6) is 0 Å². The number of nitriles is 1. The van der Waals surface area contributed by atoms with Crippen molar-refractivity contribution >= 4 is 0 Å². The average Bonchev–Trinajstić information content (AvgIpc) is 2.44. The third-order valence-corrected chi connectivity index (χ3v) is 2.44. The number of ether oxygens (including phenoxy) is 1. The molecule has 1 fully saturated rings. The molecule has 3 heteroatoms. The minimum atomic E-state index is -0.164. The minimum absolute atomic E-state index is 0.164. The van der Waals surface area contributed by atoms with Crippen LogP contribution in [0.25, 0.3) is 0 Å². The summed E-state index contributed by atoms with van der Waals surface area (Å²) < 4.78 is 10.7. The lowest BCUT2D eigenvalue weighted by Crippen LogP contribution is -2.46. The highest BCUT2D eigenvalue weighted by molar-refractivity contribution is 5.22. The van der Waals surface area contributed by atoms with Crippen LogP contribution in [0.3, 0.4) is 0 Å². The van der Waals surface area contributed by atoms with Gasteiger partial charge in [0.1, 0.15) is 11.5 Å². The van der Waals surface area contributed by atoms with Gasteiger partial charge in [-0.25, -0.2) is 0 Å². The number of furan rings is 1. The van der Waals surface area contributed by atoms with Crippen LogP contribution < -0.4 is 0 Å². The molecule has 68 valence electrons. The number of nitrogens with zero attached hydrogens (tertiary/aromatic N) is 1. The molecule has 0 unspecified atom stereocenters. The summed E-state index contributed by atoms with van der Waals surface area (Å²) in [5.74, 6) is 1.78. The van der Waals surface area contributed by atoms with Crippen LogP contribution in [0.15, 0.2) is 16.5 Å². The third-order valence-electron chi connectivity index (χ3n) is 2.44. The van der Waals surface area contributed by atoms with Crippen LogP contribution in [-0.4, -0.2) is 13.2 Å². The molecule has 0 radical (unpaired) electrons. The van der Waals surface area contributed by atoms with Gasteiger partial charge in [-0.05, 0) is 19.1 Å². The van der Waals surface area contributed by atoms with E-state index in [0.29, 0.717) is 19.6 Å². The molecule has 1 aromatic heterocycles. The predicted molar refractivity (Wildman–Crippen MR) is 46.2 cm³/mol. The van der Waals surface area contributed by atoms with Crippen molar-refractivity contribution in [2.24, 2.45) is 0 Å². The van der Waals surface area contributed by atoms with Crippen LogP contribution >= 0.6 is 0 Å². The lowest BCUT2D eigenvalue weighted by molar-refractivity contribution is -0.0678. The Balaban J connectivity index is 2.27. The Kier molecular flexibility index (Phi) is 1.86. The van der Waals surface area contributed by atoms with Crippen LogP contribution in [0, 0.1) is 18.3 Å². The molecule has 0 saturated carbocycles. The van der Waals surface area contributed by atoms with E-state index < -0.39 is 0 Å². The number of hydrogen-bond acceptors (Lipinski definition) is 3. The topological polar surface area (TPSA) is 46.2 Å². The van der Waals surface area contributed by atoms with Crippen molar-refractivity contribution in [3.05, 3.63) is 23.7 Å². The normalized spacial score (nSPS) is 19.1. The highest BCUT2D eigenvalue weighted by Gasteiger charge is 2.43. The van der Waals surface area contributed by atoms with E-state index in [1.54, 1.807) is 0 Å². The van der Waals surface area contributed by atoms with Crippen molar-refractivity contribution in [3.63, 3.8) is 0 Å². The molecule has 3 nitrogen and oxygen atoms in total. The van der Waals surface area contributed by atoms with Crippen molar-refractivity contribution < 1.29 is 9.15 Å². The maximum absolute atomic E-state index is 8.69. The van der Waals surface area contributed by atoms with Crippen LogP contribution in [0.4, 0.5) is 0 Å². The maximum atomic E-state index is 8.69. The first-order valence-corrected chi connectivity index (χ1v) is 4.28. The Hall–Kier alpha value is -1.27. The zero-order valence-corrected chi connectivity index (χ0v) is 7.54. The Morgan fingerprint density at radius 1 is 1.54 bits per heavy atom. The van der Waals surface area contributed by atoms with E-state index in [0.717, 1.165) is 11.5 Å². The summed E-state index contributed by atoms with van der Waals surface area (Å²) in [6, 6.07) is 6.04. The minimum Gasteiger partial charge on any atom is -0.466 e. The van der Waals surface area contributed by atoms with Gasteiger partial charge < -0.3 is 9.15 Å². The van der Waals surface area contributed by atoms with Crippen molar-refractivity contribution in [1.82, 2.24) is 0 Å². The molecule has 0 aromatic carbocycles. The highest BCUT2D eigenvalue weighted by Crippen LogP contribution is 2.36. The number of hydrogen-bond donors (Lipinski definition) is 0. The molecule has 1 saturated heterocycles. The fourth-order valence-corrected chi connectivity index (χ4v) is 1.55. The first-order chi connectivity index (χ1) is 6.27. The molecule has 0 N–H and O–H groups in total. The maximum Gasteiger partial charge on any atom is 0.116 e. The molecule has 1 aliphatic rings. The molecular formula is C10H11NO2. The van der Waals surface area contributed by atoms with Gasteiger partial charge in [0, 0.05) is 0 Å². The zero-order chi connectivity index (χ0) is 9.31. The summed E-state index contributed by atoms with van der Waals surface area (Å²) in [5.41, 5.74) is -0.164. The van der Waals surface area contributed by atoms with Gasteiger partial charge in [0.15, 0.2) is 0 Å². The SMILES string of the molecule is Cc1ccc(C2(CC#N)COC2)o1. The lowest BCUT2D eigenvalue weighted by atomic mass is 9.80. The Morgan fingerprint density at radius 2 is 2.31 bits per heavy atom. The van der Waals surface area contributed by atoms with Gasteiger partial charge in [-0.2, -0.15) is 5.26 Å². The molecule has 2 heterocycles. The molecule has 0 atom stereocenters. The highest BCUT2D eigenvalue weighted by atomic mass is 16.5. The van der Waals surface area contributed by atoms with E-state index in [1.807, 2.05) is 19.1 Å². The van der Waals surface area contributed by atoms with E-state index in [9.17, 15) is 0 Å². The summed E-state index contributed by atoms with van der Waals surface area (Å²) in [6.45, 7) is 3.12. The van der Waals surface area contributed by atoms with Gasteiger partial charge >= 0.3 is 0 Å². The lowest BCUT2D eigenvalue weighted by Gasteiger charge is -2.37. The van der Waals surface area contributed by atoms with E-state index in [-0.39, 0.29) is 5.41 Å². The van der Waals surface area contributed by atoms with Crippen LogP contribution in [0.2, 0.25) is 0 Å². The van der Waals surface area contributed by atoms with Gasteiger partial charge in [0.25, 0.3) is 0 Å². The summed E-state index contributed by atoms with van der Waals surface area (Å²) >= 11 is 0. The second kappa shape index (κ2) is 2.90. The molecule has 0 amide bonds. The Labute approximate surface area is 76.9 Å². The molecule has 0 bridgehead atoms. The Morgan fingerprint density at radius 3 is 2.69 bits per heavy atom. The molecule has 1 aliphatic heterocycles. The fraction of sp³-hybridized carbons (Fsp3) is 0.500. The largest absolute Gasteiger partial charge is 0.466 e. The summed E-state index contributed by atoms with van der Waals surface area (Å²) in [6.07, 6.45) is 0.472.